The average Bonchev–Trinajstić information content (AvgIpc) is 2.75. The molecule has 1 heterocycles. The van der Waals surface area contributed by atoms with E-state index in [2.05, 4.69) is 20.9 Å². The molecule has 0 saturated heterocycles. The van der Waals surface area contributed by atoms with Crippen molar-refractivity contribution in [2.45, 2.75) is 12.8 Å². The zero-order chi connectivity index (χ0) is 12.3. The summed E-state index contributed by atoms with van der Waals surface area (Å²) in [5.74, 6) is 1.57. The molecule has 0 aliphatic heterocycles. The average molecular weight is 319 g/mol. The molecule has 2 aromatic rings. The van der Waals surface area contributed by atoms with Crippen molar-refractivity contribution in [1.29, 1.82) is 0 Å². The van der Waals surface area contributed by atoms with Gasteiger partial charge in [0, 0.05) is 22.3 Å². The fraction of sp³-hybridized carbons (Fsp3) is 0.250. The number of aryl methyl sites for hydroxylation is 1. The highest BCUT2D eigenvalue weighted by Gasteiger charge is 2.10. The standard InChI is InChI=1S/C12H10BrClFNO/c13-10-6-8(15)3-4-9(10)11-7-16-12(17-11)2-1-5-14/h3-4,6-7H,1-2,5H2. The number of benzene rings is 1. The maximum Gasteiger partial charge on any atom is 0.194 e. The number of rotatable bonds is 4. The molecule has 0 atom stereocenters. The molecule has 0 fully saturated rings. The highest BCUT2D eigenvalue weighted by atomic mass is 79.9. The molecule has 2 nitrogen and oxygen atoms in total. The van der Waals surface area contributed by atoms with Gasteiger partial charge in [-0.3, -0.25) is 0 Å². The SMILES string of the molecule is Fc1ccc(-c2cnc(CCCCl)o2)c(Br)c1. The fourth-order valence-corrected chi connectivity index (χ4v) is 2.14. The van der Waals surface area contributed by atoms with Crippen molar-refractivity contribution in [2.75, 3.05) is 5.88 Å². The number of hydrogen-bond donors (Lipinski definition) is 0. The van der Waals surface area contributed by atoms with E-state index in [9.17, 15) is 4.39 Å². The summed E-state index contributed by atoms with van der Waals surface area (Å²) < 4.78 is 19.2. The van der Waals surface area contributed by atoms with Gasteiger partial charge >= 0.3 is 0 Å². The van der Waals surface area contributed by atoms with Crippen molar-refractivity contribution in [3.05, 3.63) is 40.6 Å². The first-order chi connectivity index (χ1) is 8.20. The molecule has 0 saturated carbocycles. The van der Waals surface area contributed by atoms with Crippen LogP contribution in [-0.2, 0) is 6.42 Å². The Morgan fingerprint density at radius 3 is 2.94 bits per heavy atom. The molecule has 90 valence electrons. The molecule has 0 radical (unpaired) electrons. The normalized spacial score (nSPS) is 10.8. The van der Waals surface area contributed by atoms with Crippen LogP contribution in [0.3, 0.4) is 0 Å². The van der Waals surface area contributed by atoms with E-state index in [1.807, 2.05) is 0 Å². The van der Waals surface area contributed by atoms with Gasteiger partial charge in [0.2, 0.25) is 0 Å². The predicted molar refractivity (Wildman–Crippen MR) is 68.6 cm³/mol. The van der Waals surface area contributed by atoms with Crippen LogP contribution in [0.4, 0.5) is 4.39 Å². The molecule has 5 heteroatoms. The third-order valence-corrected chi connectivity index (χ3v) is 3.20. The number of nitrogens with zero attached hydrogens (tertiary/aromatic N) is 1. The van der Waals surface area contributed by atoms with Crippen LogP contribution in [0.15, 0.2) is 33.3 Å². The first-order valence-electron chi connectivity index (χ1n) is 5.17. The molecule has 0 bridgehead atoms. The van der Waals surface area contributed by atoms with Crippen LogP contribution in [-0.4, -0.2) is 10.9 Å². The van der Waals surface area contributed by atoms with E-state index in [0.29, 0.717) is 28.4 Å². The molecule has 1 aromatic heterocycles. The summed E-state index contributed by atoms with van der Waals surface area (Å²) >= 11 is 8.90. The number of alkyl halides is 1. The van der Waals surface area contributed by atoms with Crippen LogP contribution in [0.5, 0.6) is 0 Å². The van der Waals surface area contributed by atoms with Crippen LogP contribution in [0.2, 0.25) is 0 Å². The predicted octanol–water partition coefficient (Wildman–Crippen LogP) is 4.41. The summed E-state index contributed by atoms with van der Waals surface area (Å²) in [6.07, 6.45) is 3.18. The van der Waals surface area contributed by atoms with Crippen molar-refractivity contribution < 1.29 is 8.81 Å². The van der Waals surface area contributed by atoms with Gasteiger partial charge in [0.15, 0.2) is 11.7 Å². The summed E-state index contributed by atoms with van der Waals surface area (Å²) in [5.41, 5.74) is 0.788. The molecule has 1 aromatic carbocycles. The summed E-state index contributed by atoms with van der Waals surface area (Å²) in [4.78, 5) is 4.15. The molecule has 0 aliphatic carbocycles. The van der Waals surface area contributed by atoms with Crippen molar-refractivity contribution in [2.24, 2.45) is 0 Å². The highest BCUT2D eigenvalue weighted by Crippen LogP contribution is 2.29. The maximum absolute atomic E-state index is 12.9. The number of aromatic nitrogens is 1. The Bertz CT molecular complexity index is 515. The van der Waals surface area contributed by atoms with Crippen LogP contribution >= 0.6 is 27.5 Å². The molecule has 0 aliphatic rings. The lowest BCUT2D eigenvalue weighted by Gasteiger charge is -2.00. The Labute approximate surface area is 112 Å². The van der Waals surface area contributed by atoms with Gasteiger partial charge in [-0.25, -0.2) is 9.37 Å². The van der Waals surface area contributed by atoms with Crippen LogP contribution in [0.1, 0.15) is 12.3 Å². The second kappa shape index (κ2) is 5.65. The van der Waals surface area contributed by atoms with E-state index < -0.39 is 0 Å². The quantitative estimate of drug-likeness (QED) is 0.780. The lowest BCUT2D eigenvalue weighted by atomic mass is 10.2. The molecule has 0 unspecified atom stereocenters. The summed E-state index contributed by atoms with van der Waals surface area (Å²) in [6, 6.07) is 4.45. The lowest BCUT2D eigenvalue weighted by Crippen LogP contribution is -1.84. The first kappa shape index (κ1) is 12.6. The topological polar surface area (TPSA) is 26.0 Å². The Morgan fingerprint density at radius 2 is 2.24 bits per heavy atom. The summed E-state index contributed by atoms with van der Waals surface area (Å²) in [7, 11) is 0. The van der Waals surface area contributed by atoms with Gasteiger partial charge < -0.3 is 4.42 Å². The molecular weight excluding hydrogens is 308 g/mol. The van der Waals surface area contributed by atoms with Gasteiger partial charge in [-0.15, -0.1) is 11.6 Å². The molecule has 0 amide bonds. The molecule has 0 N–H and O–H groups in total. The van der Waals surface area contributed by atoms with Gasteiger partial charge in [0.05, 0.1) is 6.20 Å². The van der Waals surface area contributed by atoms with Gasteiger partial charge in [0.1, 0.15) is 5.82 Å². The van der Waals surface area contributed by atoms with Crippen LogP contribution in [0, 0.1) is 5.82 Å². The van der Waals surface area contributed by atoms with E-state index in [1.54, 1.807) is 12.3 Å². The van der Waals surface area contributed by atoms with Crippen molar-refractivity contribution in [1.82, 2.24) is 4.98 Å². The molecule has 17 heavy (non-hydrogen) atoms. The van der Waals surface area contributed by atoms with Gasteiger partial charge in [-0.1, -0.05) is 0 Å². The third kappa shape index (κ3) is 3.07. The van der Waals surface area contributed by atoms with Crippen molar-refractivity contribution >= 4 is 27.5 Å². The number of hydrogen-bond acceptors (Lipinski definition) is 2. The second-order valence-corrected chi connectivity index (χ2v) is 4.77. The van der Waals surface area contributed by atoms with Gasteiger partial charge in [-0.2, -0.15) is 0 Å². The van der Waals surface area contributed by atoms with Gasteiger partial charge in [-0.05, 0) is 40.5 Å². The van der Waals surface area contributed by atoms with E-state index in [-0.39, 0.29) is 5.82 Å². The largest absolute Gasteiger partial charge is 0.441 e. The van der Waals surface area contributed by atoms with Crippen LogP contribution < -0.4 is 0 Å². The Balaban J connectivity index is 2.24. The van der Waals surface area contributed by atoms with Crippen molar-refractivity contribution in [3.8, 4) is 11.3 Å². The monoisotopic (exact) mass is 317 g/mol. The highest BCUT2D eigenvalue weighted by molar-refractivity contribution is 9.10. The molecular formula is C12H10BrClFNO. The van der Waals surface area contributed by atoms with Crippen molar-refractivity contribution in [3.63, 3.8) is 0 Å². The minimum Gasteiger partial charge on any atom is -0.441 e. The minimum atomic E-state index is -0.289. The van der Waals surface area contributed by atoms with E-state index in [1.165, 1.54) is 12.1 Å². The molecule has 2 rings (SSSR count). The smallest absolute Gasteiger partial charge is 0.194 e. The van der Waals surface area contributed by atoms with E-state index >= 15 is 0 Å². The lowest BCUT2D eigenvalue weighted by molar-refractivity contribution is 0.503. The van der Waals surface area contributed by atoms with Crippen LogP contribution in [0.25, 0.3) is 11.3 Å². The molecule has 0 spiro atoms. The summed E-state index contributed by atoms with van der Waals surface area (Å²) in [5, 5.41) is 0. The van der Waals surface area contributed by atoms with E-state index in [0.717, 1.165) is 12.0 Å². The second-order valence-electron chi connectivity index (χ2n) is 3.53. The number of oxazole rings is 1. The zero-order valence-corrected chi connectivity index (χ0v) is 11.3. The van der Waals surface area contributed by atoms with Gasteiger partial charge in [0.25, 0.3) is 0 Å². The zero-order valence-electron chi connectivity index (χ0n) is 8.92. The fourth-order valence-electron chi connectivity index (χ4n) is 1.46. The third-order valence-electron chi connectivity index (χ3n) is 2.27. The number of halogens is 3. The maximum atomic E-state index is 12.9. The Kier molecular flexibility index (Phi) is 4.18. The minimum absolute atomic E-state index is 0.289. The first-order valence-corrected chi connectivity index (χ1v) is 6.49. The van der Waals surface area contributed by atoms with E-state index in [4.69, 9.17) is 16.0 Å². The Hall–Kier alpha value is -0.870. The Morgan fingerprint density at radius 1 is 1.41 bits per heavy atom. The summed E-state index contributed by atoms with van der Waals surface area (Å²) in [6.45, 7) is 0.